The van der Waals surface area contributed by atoms with Gasteiger partial charge < -0.3 is 16.0 Å². The number of carbonyl (C=O) groups excluding carboxylic acids is 2. The van der Waals surface area contributed by atoms with E-state index in [9.17, 15) is 9.59 Å². The topological polar surface area (TPSA) is 78.7 Å². The Labute approximate surface area is 107 Å². The molecule has 2 heterocycles. The quantitative estimate of drug-likeness (QED) is 0.719. The number of hydrogen-bond acceptors (Lipinski definition) is 3. The summed E-state index contributed by atoms with van der Waals surface area (Å²) in [5.74, 6) is -0.131. The van der Waals surface area contributed by atoms with Crippen molar-refractivity contribution in [1.29, 1.82) is 0 Å². The lowest BCUT2D eigenvalue weighted by Crippen LogP contribution is -2.64. The first-order valence-electron chi connectivity index (χ1n) is 6.68. The van der Waals surface area contributed by atoms with Gasteiger partial charge in [0.1, 0.15) is 0 Å². The summed E-state index contributed by atoms with van der Waals surface area (Å²) in [5, 5.41) is 2.80. The van der Waals surface area contributed by atoms with Gasteiger partial charge in [-0.25, -0.2) is 4.79 Å². The molecule has 2 aliphatic rings. The molecule has 18 heavy (non-hydrogen) atoms. The molecular formula is C12H22N4O2. The molecule has 0 aliphatic carbocycles. The molecule has 0 bridgehead atoms. The molecule has 2 saturated heterocycles. The molecule has 0 aromatic rings. The van der Waals surface area contributed by atoms with Gasteiger partial charge in [-0.15, -0.1) is 0 Å². The summed E-state index contributed by atoms with van der Waals surface area (Å²) in [7, 11) is 0. The van der Waals surface area contributed by atoms with Gasteiger partial charge in [0, 0.05) is 31.6 Å². The molecule has 0 radical (unpaired) electrons. The van der Waals surface area contributed by atoms with Crippen LogP contribution in [0.5, 0.6) is 0 Å². The van der Waals surface area contributed by atoms with E-state index in [1.165, 1.54) is 0 Å². The summed E-state index contributed by atoms with van der Waals surface area (Å²) < 4.78 is 0. The second kappa shape index (κ2) is 5.56. The predicted octanol–water partition coefficient (Wildman–Crippen LogP) is -0.403. The number of nitrogens with two attached hydrogens (primary N) is 1. The molecule has 3 N–H and O–H groups in total. The third kappa shape index (κ3) is 2.75. The molecule has 102 valence electrons. The zero-order chi connectivity index (χ0) is 13.1. The highest BCUT2D eigenvalue weighted by Gasteiger charge is 2.36. The first-order chi connectivity index (χ1) is 8.61. The number of nitrogens with zero attached hydrogens (tertiary/aromatic N) is 2. The van der Waals surface area contributed by atoms with Crippen LogP contribution < -0.4 is 11.1 Å². The van der Waals surface area contributed by atoms with Crippen molar-refractivity contribution in [2.45, 2.75) is 25.8 Å². The van der Waals surface area contributed by atoms with Crippen LogP contribution in [0.3, 0.4) is 0 Å². The van der Waals surface area contributed by atoms with E-state index in [1.54, 1.807) is 0 Å². The van der Waals surface area contributed by atoms with Crippen LogP contribution in [0.15, 0.2) is 0 Å². The Morgan fingerprint density at radius 1 is 1.28 bits per heavy atom. The Hall–Kier alpha value is -1.30. The fourth-order valence-corrected chi connectivity index (χ4v) is 2.66. The van der Waals surface area contributed by atoms with E-state index in [2.05, 4.69) is 10.2 Å². The van der Waals surface area contributed by atoms with Gasteiger partial charge in [-0.05, 0) is 32.9 Å². The Bertz CT molecular complexity index is 320. The van der Waals surface area contributed by atoms with Crippen molar-refractivity contribution in [1.82, 2.24) is 15.1 Å². The van der Waals surface area contributed by atoms with Crippen molar-refractivity contribution in [3.63, 3.8) is 0 Å². The minimum atomic E-state index is -0.174. The fourth-order valence-electron chi connectivity index (χ4n) is 2.66. The molecule has 0 aromatic carbocycles. The fraction of sp³-hybridized carbons (Fsp3) is 0.833. The highest BCUT2D eigenvalue weighted by Crippen LogP contribution is 2.22. The molecule has 0 spiro atoms. The first kappa shape index (κ1) is 13.1. The van der Waals surface area contributed by atoms with Crippen LogP contribution in [0.4, 0.5) is 4.79 Å². The molecule has 6 nitrogen and oxygen atoms in total. The zero-order valence-corrected chi connectivity index (χ0v) is 10.9. The second-order valence-corrected chi connectivity index (χ2v) is 5.11. The lowest BCUT2D eigenvalue weighted by atomic mass is 9.94. The number of amides is 3. The summed E-state index contributed by atoms with van der Waals surface area (Å²) in [6.07, 6.45) is 1.71. The van der Waals surface area contributed by atoms with Gasteiger partial charge in [0.25, 0.3) is 0 Å². The standard InChI is InChI=1S/C12H22N4O2/c1-2-14-12(18)16-7-10(8-16)15-5-3-9(4-6-15)11(13)17/h9-10H,2-8H2,1H3,(H2,13,17)(H,14,18). The van der Waals surface area contributed by atoms with Crippen molar-refractivity contribution in [2.75, 3.05) is 32.7 Å². The summed E-state index contributed by atoms with van der Waals surface area (Å²) in [6, 6.07) is 0.488. The molecule has 6 heteroatoms. The highest BCUT2D eigenvalue weighted by molar-refractivity contribution is 5.76. The van der Waals surface area contributed by atoms with Crippen LogP contribution in [0.25, 0.3) is 0 Å². The number of urea groups is 1. The van der Waals surface area contributed by atoms with Crippen LogP contribution in [0, 0.1) is 5.92 Å². The van der Waals surface area contributed by atoms with E-state index >= 15 is 0 Å². The molecule has 0 aromatic heterocycles. The monoisotopic (exact) mass is 254 g/mol. The number of carbonyl (C=O) groups is 2. The number of primary amides is 1. The summed E-state index contributed by atoms with van der Waals surface area (Å²) in [4.78, 5) is 26.8. The van der Waals surface area contributed by atoms with Gasteiger partial charge in [0.15, 0.2) is 0 Å². The molecule has 0 unspecified atom stereocenters. The average molecular weight is 254 g/mol. The molecular weight excluding hydrogens is 232 g/mol. The van der Waals surface area contributed by atoms with E-state index in [4.69, 9.17) is 5.73 Å². The van der Waals surface area contributed by atoms with Crippen molar-refractivity contribution in [3.8, 4) is 0 Å². The van der Waals surface area contributed by atoms with E-state index in [1.807, 2.05) is 11.8 Å². The summed E-state index contributed by atoms with van der Waals surface area (Å²) >= 11 is 0. The van der Waals surface area contributed by atoms with Gasteiger partial charge in [0.2, 0.25) is 5.91 Å². The van der Waals surface area contributed by atoms with E-state index in [-0.39, 0.29) is 17.9 Å². The SMILES string of the molecule is CCNC(=O)N1CC(N2CCC(C(N)=O)CC2)C1. The Morgan fingerprint density at radius 2 is 1.89 bits per heavy atom. The minimum Gasteiger partial charge on any atom is -0.369 e. The lowest BCUT2D eigenvalue weighted by molar-refractivity contribution is -0.123. The largest absolute Gasteiger partial charge is 0.369 e. The second-order valence-electron chi connectivity index (χ2n) is 5.11. The third-order valence-electron chi connectivity index (χ3n) is 3.93. The van der Waals surface area contributed by atoms with Crippen LogP contribution in [-0.2, 0) is 4.79 Å². The molecule has 0 atom stereocenters. The van der Waals surface area contributed by atoms with Crippen LogP contribution in [0.1, 0.15) is 19.8 Å². The van der Waals surface area contributed by atoms with Crippen molar-refractivity contribution in [2.24, 2.45) is 11.7 Å². The Balaban J connectivity index is 1.70. The maximum Gasteiger partial charge on any atom is 0.317 e. The van der Waals surface area contributed by atoms with E-state index < -0.39 is 0 Å². The van der Waals surface area contributed by atoms with Gasteiger partial charge in [-0.1, -0.05) is 0 Å². The first-order valence-corrected chi connectivity index (χ1v) is 6.68. The van der Waals surface area contributed by atoms with Crippen molar-refractivity contribution < 1.29 is 9.59 Å². The van der Waals surface area contributed by atoms with Crippen molar-refractivity contribution in [3.05, 3.63) is 0 Å². The number of rotatable bonds is 3. The molecule has 3 amide bonds. The normalized spacial score (nSPS) is 22.6. The van der Waals surface area contributed by atoms with Crippen LogP contribution in [0.2, 0.25) is 0 Å². The van der Waals surface area contributed by atoms with Crippen molar-refractivity contribution >= 4 is 11.9 Å². The van der Waals surface area contributed by atoms with Crippen LogP contribution >= 0.6 is 0 Å². The molecule has 0 saturated carbocycles. The summed E-state index contributed by atoms with van der Waals surface area (Å²) in [5.41, 5.74) is 5.31. The van der Waals surface area contributed by atoms with Gasteiger partial charge in [-0.2, -0.15) is 0 Å². The molecule has 2 fully saturated rings. The van der Waals surface area contributed by atoms with E-state index in [0.29, 0.717) is 12.6 Å². The number of piperidine rings is 1. The van der Waals surface area contributed by atoms with Crippen LogP contribution in [-0.4, -0.2) is 60.5 Å². The zero-order valence-electron chi connectivity index (χ0n) is 10.9. The highest BCUT2D eigenvalue weighted by atomic mass is 16.2. The maximum atomic E-state index is 11.5. The Kier molecular flexibility index (Phi) is 4.06. The predicted molar refractivity (Wildman–Crippen MR) is 67.9 cm³/mol. The molecule has 2 rings (SSSR count). The number of likely N-dealkylation sites (tertiary alicyclic amines) is 2. The Morgan fingerprint density at radius 3 is 2.39 bits per heavy atom. The van der Waals surface area contributed by atoms with Gasteiger partial charge >= 0.3 is 6.03 Å². The summed E-state index contributed by atoms with van der Waals surface area (Å²) in [6.45, 7) is 6.02. The number of nitrogens with one attached hydrogen (secondary N) is 1. The number of hydrogen-bond donors (Lipinski definition) is 2. The lowest BCUT2D eigenvalue weighted by Gasteiger charge is -2.47. The molecule has 2 aliphatic heterocycles. The van der Waals surface area contributed by atoms with E-state index in [0.717, 1.165) is 39.0 Å². The average Bonchev–Trinajstić information content (AvgIpc) is 2.28. The van der Waals surface area contributed by atoms with Gasteiger partial charge in [0.05, 0.1) is 0 Å². The third-order valence-corrected chi connectivity index (χ3v) is 3.93. The minimum absolute atomic E-state index is 0.0285. The smallest absolute Gasteiger partial charge is 0.317 e. The maximum absolute atomic E-state index is 11.5. The van der Waals surface area contributed by atoms with Gasteiger partial charge in [-0.3, -0.25) is 9.69 Å².